The van der Waals surface area contributed by atoms with Gasteiger partial charge >= 0.3 is 0 Å². The third kappa shape index (κ3) is 3.70. The van der Waals surface area contributed by atoms with Crippen LogP contribution in [0.25, 0.3) is 0 Å². The van der Waals surface area contributed by atoms with E-state index in [4.69, 9.17) is 4.42 Å². The third-order valence-corrected chi connectivity index (χ3v) is 3.11. The molecule has 1 heterocycles. The summed E-state index contributed by atoms with van der Waals surface area (Å²) in [5.41, 5.74) is -1.15. The summed E-state index contributed by atoms with van der Waals surface area (Å²) in [4.78, 5) is 33.8. The largest absolute Gasteiger partial charge is 0.464 e. The maximum atomic E-state index is 12.3. The minimum absolute atomic E-state index is 0.128. The van der Waals surface area contributed by atoms with Gasteiger partial charge in [0.25, 0.3) is 17.3 Å². The zero-order valence-corrected chi connectivity index (χ0v) is 12.4. The first-order chi connectivity index (χ1) is 10.8. The van der Waals surface area contributed by atoms with Gasteiger partial charge in [0.15, 0.2) is 0 Å². The molecule has 0 bridgehead atoms. The molecule has 0 unspecified atom stereocenters. The van der Waals surface area contributed by atoms with Crippen LogP contribution in [0.4, 0.5) is 11.4 Å². The van der Waals surface area contributed by atoms with E-state index >= 15 is 0 Å². The van der Waals surface area contributed by atoms with E-state index in [0.29, 0.717) is 11.5 Å². The van der Waals surface area contributed by atoms with Gasteiger partial charge in [0.2, 0.25) is 0 Å². The van der Waals surface area contributed by atoms with Gasteiger partial charge in [-0.25, -0.2) is 0 Å². The lowest BCUT2D eigenvalue weighted by Crippen LogP contribution is -2.26. The Labute approximate surface area is 130 Å². The van der Waals surface area contributed by atoms with Crippen molar-refractivity contribution in [3.8, 4) is 0 Å². The van der Waals surface area contributed by atoms with Crippen LogP contribution in [-0.2, 0) is 6.54 Å². The average molecular weight is 319 g/mol. The van der Waals surface area contributed by atoms with Gasteiger partial charge in [0.1, 0.15) is 11.5 Å². The van der Waals surface area contributed by atoms with Crippen molar-refractivity contribution in [1.82, 2.24) is 4.90 Å². The van der Waals surface area contributed by atoms with Crippen LogP contribution in [-0.4, -0.2) is 27.7 Å². The van der Waals surface area contributed by atoms with E-state index in [0.717, 1.165) is 18.2 Å². The van der Waals surface area contributed by atoms with Crippen LogP contribution >= 0.6 is 0 Å². The van der Waals surface area contributed by atoms with Crippen LogP contribution in [0.5, 0.6) is 0 Å². The first-order valence-electron chi connectivity index (χ1n) is 6.52. The molecule has 0 saturated carbocycles. The predicted octanol–water partition coefficient (Wildman–Crippen LogP) is 2.68. The highest BCUT2D eigenvalue weighted by molar-refractivity contribution is 5.95. The lowest BCUT2D eigenvalue weighted by Gasteiger charge is -2.15. The van der Waals surface area contributed by atoms with Crippen LogP contribution in [0.1, 0.15) is 21.9 Å². The Hall–Kier alpha value is -3.23. The van der Waals surface area contributed by atoms with E-state index in [-0.39, 0.29) is 12.1 Å². The molecule has 0 aliphatic carbocycles. The summed E-state index contributed by atoms with van der Waals surface area (Å²) >= 11 is 0. The molecule has 120 valence electrons. The molecule has 0 fully saturated rings. The fourth-order valence-electron chi connectivity index (χ4n) is 2.03. The number of aryl methyl sites for hydroxylation is 1. The highest BCUT2D eigenvalue weighted by atomic mass is 16.6. The topological polar surface area (TPSA) is 120 Å². The molecule has 0 spiro atoms. The van der Waals surface area contributed by atoms with Crippen molar-refractivity contribution < 1.29 is 19.1 Å². The summed E-state index contributed by atoms with van der Waals surface area (Å²) in [7, 11) is 1.48. The maximum Gasteiger partial charge on any atom is 0.277 e. The van der Waals surface area contributed by atoms with Crippen molar-refractivity contribution in [2.75, 3.05) is 7.05 Å². The molecule has 1 aromatic heterocycles. The van der Waals surface area contributed by atoms with Crippen LogP contribution in [0, 0.1) is 27.2 Å². The molecule has 1 amide bonds. The lowest BCUT2D eigenvalue weighted by atomic mass is 10.1. The van der Waals surface area contributed by atoms with Crippen molar-refractivity contribution in [2.24, 2.45) is 0 Å². The third-order valence-electron chi connectivity index (χ3n) is 3.11. The predicted molar refractivity (Wildman–Crippen MR) is 79.0 cm³/mol. The van der Waals surface area contributed by atoms with E-state index in [1.54, 1.807) is 19.1 Å². The maximum absolute atomic E-state index is 12.3. The Bertz CT molecular complexity index is 750. The van der Waals surface area contributed by atoms with Crippen molar-refractivity contribution in [3.63, 3.8) is 0 Å². The molecule has 0 aliphatic rings. The van der Waals surface area contributed by atoms with Crippen LogP contribution in [0.3, 0.4) is 0 Å². The van der Waals surface area contributed by atoms with Gasteiger partial charge < -0.3 is 9.32 Å². The Morgan fingerprint density at radius 2 is 1.70 bits per heavy atom. The van der Waals surface area contributed by atoms with Gasteiger partial charge in [0.05, 0.1) is 28.0 Å². The summed E-state index contributed by atoms with van der Waals surface area (Å²) in [6.07, 6.45) is 0. The second-order valence-electron chi connectivity index (χ2n) is 4.93. The van der Waals surface area contributed by atoms with Gasteiger partial charge in [0, 0.05) is 19.2 Å². The van der Waals surface area contributed by atoms with Crippen molar-refractivity contribution >= 4 is 17.3 Å². The van der Waals surface area contributed by atoms with E-state index in [1.165, 1.54) is 11.9 Å². The summed E-state index contributed by atoms with van der Waals surface area (Å²) in [6.45, 7) is 1.90. The average Bonchev–Trinajstić information content (AvgIpc) is 2.90. The number of nitro benzene ring substituents is 2. The van der Waals surface area contributed by atoms with E-state index in [1.807, 2.05) is 0 Å². The van der Waals surface area contributed by atoms with E-state index in [9.17, 15) is 25.0 Å². The summed E-state index contributed by atoms with van der Waals surface area (Å²) in [6, 6.07) is 6.28. The molecule has 1 aromatic carbocycles. The molecule has 2 rings (SSSR count). The molecule has 0 radical (unpaired) electrons. The summed E-state index contributed by atoms with van der Waals surface area (Å²) in [5.74, 6) is 0.649. The number of carbonyl (C=O) groups excluding carboxylic acids is 1. The molecular weight excluding hydrogens is 306 g/mol. The molecule has 0 aliphatic heterocycles. The van der Waals surface area contributed by atoms with Crippen LogP contribution < -0.4 is 0 Å². The first kappa shape index (κ1) is 16.1. The quantitative estimate of drug-likeness (QED) is 0.617. The van der Waals surface area contributed by atoms with Gasteiger partial charge in [-0.05, 0) is 19.1 Å². The minimum atomic E-state index is -0.778. The van der Waals surface area contributed by atoms with Gasteiger partial charge in [-0.2, -0.15) is 0 Å². The number of hydrogen-bond acceptors (Lipinski definition) is 6. The Morgan fingerprint density at radius 3 is 2.13 bits per heavy atom. The number of benzene rings is 1. The number of furan rings is 1. The number of hydrogen-bond donors (Lipinski definition) is 0. The molecule has 2 aromatic rings. The number of amides is 1. The summed E-state index contributed by atoms with van der Waals surface area (Å²) in [5, 5.41) is 21.7. The van der Waals surface area contributed by atoms with E-state index in [2.05, 4.69) is 0 Å². The standard InChI is InChI=1S/C14H13N3O6/c1-9-3-4-13(23-9)8-15(2)14(18)10-5-11(16(19)20)7-12(6-10)17(21)22/h3-7H,8H2,1-2H3. The molecular formula is C14H13N3O6. The van der Waals surface area contributed by atoms with Crippen molar-refractivity contribution in [2.45, 2.75) is 13.5 Å². The van der Waals surface area contributed by atoms with Crippen molar-refractivity contribution in [3.05, 3.63) is 67.6 Å². The fraction of sp³-hybridized carbons (Fsp3) is 0.214. The second kappa shape index (κ2) is 6.26. The van der Waals surface area contributed by atoms with Gasteiger partial charge in [-0.15, -0.1) is 0 Å². The zero-order valence-electron chi connectivity index (χ0n) is 12.4. The number of nitrogens with zero attached hydrogens (tertiary/aromatic N) is 3. The molecule has 0 saturated heterocycles. The molecule has 0 atom stereocenters. The van der Waals surface area contributed by atoms with E-state index < -0.39 is 27.1 Å². The minimum Gasteiger partial charge on any atom is -0.464 e. The molecule has 9 heteroatoms. The van der Waals surface area contributed by atoms with Crippen LogP contribution in [0.15, 0.2) is 34.7 Å². The molecule has 9 nitrogen and oxygen atoms in total. The summed E-state index contributed by atoms with van der Waals surface area (Å²) < 4.78 is 5.35. The highest BCUT2D eigenvalue weighted by Gasteiger charge is 2.22. The Morgan fingerprint density at radius 1 is 1.13 bits per heavy atom. The zero-order chi connectivity index (χ0) is 17.1. The Kier molecular flexibility index (Phi) is 4.39. The first-order valence-corrected chi connectivity index (χ1v) is 6.52. The van der Waals surface area contributed by atoms with Gasteiger partial charge in [-0.3, -0.25) is 25.0 Å². The number of non-ortho nitro benzene ring substituents is 2. The number of nitro groups is 2. The smallest absolute Gasteiger partial charge is 0.277 e. The number of carbonyl (C=O) groups is 1. The SMILES string of the molecule is Cc1ccc(CN(C)C(=O)c2cc([N+](=O)[O-])cc([N+](=O)[O-])c2)o1. The normalized spacial score (nSPS) is 10.3. The lowest BCUT2D eigenvalue weighted by molar-refractivity contribution is -0.394. The monoisotopic (exact) mass is 319 g/mol. The van der Waals surface area contributed by atoms with Crippen molar-refractivity contribution in [1.29, 1.82) is 0 Å². The van der Waals surface area contributed by atoms with Crippen LogP contribution in [0.2, 0.25) is 0 Å². The fourth-order valence-corrected chi connectivity index (χ4v) is 2.03. The van der Waals surface area contributed by atoms with Gasteiger partial charge in [-0.1, -0.05) is 0 Å². The second-order valence-corrected chi connectivity index (χ2v) is 4.93. The molecule has 0 N–H and O–H groups in total. The number of rotatable bonds is 5. The highest BCUT2D eigenvalue weighted by Crippen LogP contribution is 2.24. The molecule has 23 heavy (non-hydrogen) atoms. The Balaban J connectivity index is 2.30.